The number of pyridine rings is 1. The maximum absolute atomic E-state index is 12.0. The molecule has 5 nitrogen and oxygen atoms in total. The molecule has 1 aliphatic rings. The number of Topliss-reactive ketones (excluding diaryl/α,β-unsaturated/α-hetero) is 1. The van der Waals surface area contributed by atoms with Crippen molar-refractivity contribution in [3.63, 3.8) is 0 Å². The maximum atomic E-state index is 12.0. The highest BCUT2D eigenvalue weighted by Gasteiger charge is 2.24. The molecule has 0 unspecified atom stereocenters. The number of carbonyl (C=O) groups excluding carboxylic acids is 1. The molecule has 1 fully saturated rings. The van der Waals surface area contributed by atoms with Gasteiger partial charge in [0.15, 0.2) is 5.78 Å². The first-order chi connectivity index (χ1) is 9.65. The second kappa shape index (κ2) is 5.00. The van der Waals surface area contributed by atoms with Gasteiger partial charge in [0.05, 0.1) is 11.3 Å². The van der Waals surface area contributed by atoms with Crippen molar-refractivity contribution in [1.29, 1.82) is 0 Å². The van der Waals surface area contributed by atoms with E-state index in [2.05, 4.69) is 10.1 Å². The van der Waals surface area contributed by atoms with Crippen molar-refractivity contribution in [3.8, 4) is 11.4 Å². The van der Waals surface area contributed by atoms with Crippen LogP contribution >= 0.6 is 0 Å². The zero-order chi connectivity index (χ0) is 14.1. The van der Waals surface area contributed by atoms with Gasteiger partial charge in [0, 0.05) is 18.8 Å². The molecule has 1 saturated carbocycles. The van der Waals surface area contributed by atoms with Gasteiger partial charge in [0.1, 0.15) is 5.69 Å². The standard InChI is InChI=1S/C15H15N3O2/c1-10(19)12-8-14(20)18(9-11-5-6-11)17-15(12)13-4-2-3-7-16-13/h2-4,7-8,11H,5-6,9H2,1H3. The molecule has 0 amide bonds. The average molecular weight is 269 g/mol. The van der Waals surface area contributed by atoms with Crippen LogP contribution in [0.1, 0.15) is 30.1 Å². The topological polar surface area (TPSA) is 64.8 Å². The number of hydrogen-bond acceptors (Lipinski definition) is 4. The normalized spacial score (nSPS) is 14.2. The molecule has 0 aromatic carbocycles. The Balaban J connectivity index is 2.13. The molecule has 0 spiro atoms. The Labute approximate surface area is 116 Å². The molecule has 0 radical (unpaired) electrons. The summed E-state index contributed by atoms with van der Waals surface area (Å²) in [6.07, 6.45) is 3.93. The SMILES string of the molecule is CC(=O)c1cc(=O)n(CC2CC2)nc1-c1ccccn1. The number of ketones is 1. The summed E-state index contributed by atoms with van der Waals surface area (Å²) in [4.78, 5) is 28.0. The van der Waals surface area contributed by atoms with Crippen LogP contribution < -0.4 is 5.56 Å². The van der Waals surface area contributed by atoms with Crippen molar-refractivity contribution < 1.29 is 4.79 Å². The second-order valence-corrected chi connectivity index (χ2v) is 5.14. The van der Waals surface area contributed by atoms with Gasteiger partial charge in [-0.15, -0.1) is 0 Å². The first kappa shape index (κ1) is 12.7. The highest BCUT2D eigenvalue weighted by Crippen LogP contribution is 2.30. The van der Waals surface area contributed by atoms with E-state index in [1.54, 1.807) is 18.3 Å². The average Bonchev–Trinajstić information content (AvgIpc) is 3.25. The van der Waals surface area contributed by atoms with Gasteiger partial charge in [0.25, 0.3) is 5.56 Å². The number of rotatable bonds is 4. The second-order valence-electron chi connectivity index (χ2n) is 5.14. The Morgan fingerprint density at radius 1 is 1.40 bits per heavy atom. The highest BCUT2D eigenvalue weighted by molar-refractivity contribution is 5.99. The van der Waals surface area contributed by atoms with Crippen LogP contribution in [0.25, 0.3) is 11.4 Å². The summed E-state index contributed by atoms with van der Waals surface area (Å²) in [7, 11) is 0. The van der Waals surface area contributed by atoms with E-state index in [-0.39, 0.29) is 11.3 Å². The van der Waals surface area contributed by atoms with Crippen molar-refractivity contribution >= 4 is 5.78 Å². The first-order valence-electron chi connectivity index (χ1n) is 6.69. The fraction of sp³-hybridized carbons (Fsp3) is 0.333. The molecule has 20 heavy (non-hydrogen) atoms. The molecule has 1 aliphatic carbocycles. The predicted octanol–water partition coefficient (Wildman–Crippen LogP) is 1.92. The van der Waals surface area contributed by atoms with Crippen LogP contribution in [0.2, 0.25) is 0 Å². The van der Waals surface area contributed by atoms with Gasteiger partial charge in [0.2, 0.25) is 0 Å². The van der Waals surface area contributed by atoms with Crippen molar-refractivity contribution in [1.82, 2.24) is 14.8 Å². The minimum atomic E-state index is -0.221. The van der Waals surface area contributed by atoms with Crippen molar-refractivity contribution in [2.75, 3.05) is 0 Å². The molecule has 0 N–H and O–H groups in total. The molecule has 0 bridgehead atoms. The lowest BCUT2D eigenvalue weighted by Crippen LogP contribution is -2.25. The third kappa shape index (κ3) is 2.52. The van der Waals surface area contributed by atoms with E-state index in [4.69, 9.17) is 0 Å². The van der Waals surface area contributed by atoms with Gasteiger partial charge in [-0.2, -0.15) is 5.10 Å². The summed E-state index contributed by atoms with van der Waals surface area (Å²) in [6.45, 7) is 2.06. The van der Waals surface area contributed by atoms with Crippen LogP contribution in [0.15, 0.2) is 35.3 Å². The van der Waals surface area contributed by atoms with E-state index in [0.717, 1.165) is 12.8 Å². The van der Waals surface area contributed by atoms with Gasteiger partial charge in [-0.3, -0.25) is 14.6 Å². The molecule has 0 atom stereocenters. The fourth-order valence-electron chi connectivity index (χ4n) is 2.13. The molecule has 2 aromatic heterocycles. The van der Waals surface area contributed by atoms with Crippen LogP contribution in [-0.4, -0.2) is 20.5 Å². The van der Waals surface area contributed by atoms with Gasteiger partial charge < -0.3 is 0 Å². The zero-order valence-electron chi connectivity index (χ0n) is 11.2. The summed E-state index contributed by atoms with van der Waals surface area (Å²) < 4.78 is 1.45. The van der Waals surface area contributed by atoms with E-state index < -0.39 is 0 Å². The van der Waals surface area contributed by atoms with Crippen LogP contribution in [-0.2, 0) is 6.54 Å². The van der Waals surface area contributed by atoms with E-state index in [1.165, 1.54) is 17.7 Å². The molecule has 5 heteroatoms. The fourth-order valence-corrected chi connectivity index (χ4v) is 2.13. The summed E-state index contributed by atoms with van der Waals surface area (Å²) in [5, 5.41) is 4.36. The maximum Gasteiger partial charge on any atom is 0.267 e. The molecular formula is C15H15N3O2. The monoisotopic (exact) mass is 269 g/mol. The molecule has 0 saturated heterocycles. The number of nitrogens with zero attached hydrogens (tertiary/aromatic N) is 3. The van der Waals surface area contributed by atoms with Gasteiger partial charge in [-0.25, -0.2) is 4.68 Å². The van der Waals surface area contributed by atoms with Crippen LogP contribution in [0.4, 0.5) is 0 Å². The lowest BCUT2D eigenvalue weighted by atomic mass is 10.1. The van der Waals surface area contributed by atoms with E-state index in [9.17, 15) is 9.59 Å². The molecule has 2 heterocycles. The molecular weight excluding hydrogens is 254 g/mol. The molecule has 2 aromatic rings. The quantitative estimate of drug-likeness (QED) is 0.795. The largest absolute Gasteiger partial charge is 0.294 e. The Kier molecular flexibility index (Phi) is 3.18. The first-order valence-corrected chi connectivity index (χ1v) is 6.69. The lowest BCUT2D eigenvalue weighted by Gasteiger charge is -2.09. The summed E-state index contributed by atoms with van der Waals surface area (Å²) in [6, 6.07) is 6.81. The minimum Gasteiger partial charge on any atom is -0.294 e. The highest BCUT2D eigenvalue weighted by atomic mass is 16.1. The Hall–Kier alpha value is -2.30. The van der Waals surface area contributed by atoms with Crippen LogP contribution in [0.5, 0.6) is 0 Å². The van der Waals surface area contributed by atoms with Crippen molar-refractivity contribution in [2.24, 2.45) is 5.92 Å². The Morgan fingerprint density at radius 2 is 2.20 bits per heavy atom. The number of hydrogen-bond donors (Lipinski definition) is 0. The molecule has 0 aliphatic heterocycles. The summed E-state index contributed by atoms with van der Waals surface area (Å²) in [5.41, 5.74) is 1.21. The zero-order valence-corrected chi connectivity index (χ0v) is 11.2. The van der Waals surface area contributed by atoms with E-state index >= 15 is 0 Å². The predicted molar refractivity (Wildman–Crippen MR) is 74.5 cm³/mol. The third-order valence-electron chi connectivity index (χ3n) is 3.41. The van der Waals surface area contributed by atoms with Gasteiger partial charge >= 0.3 is 0 Å². The van der Waals surface area contributed by atoms with Crippen molar-refractivity contribution in [2.45, 2.75) is 26.3 Å². The number of carbonyl (C=O) groups is 1. The van der Waals surface area contributed by atoms with Gasteiger partial charge in [-0.1, -0.05) is 6.07 Å². The number of aromatic nitrogens is 3. The van der Waals surface area contributed by atoms with Crippen LogP contribution in [0.3, 0.4) is 0 Å². The smallest absolute Gasteiger partial charge is 0.267 e. The Bertz CT molecular complexity index is 703. The minimum absolute atomic E-state index is 0.172. The molecule has 3 rings (SSSR count). The van der Waals surface area contributed by atoms with E-state index in [0.29, 0.717) is 29.4 Å². The third-order valence-corrected chi connectivity index (χ3v) is 3.41. The summed E-state index contributed by atoms with van der Waals surface area (Å²) in [5.74, 6) is 0.369. The van der Waals surface area contributed by atoms with E-state index in [1.807, 2.05) is 6.07 Å². The lowest BCUT2D eigenvalue weighted by molar-refractivity contribution is 0.101. The summed E-state index contributed by atoms with van der Waals surface area (Å²) >= 11 is 0. The Morgan fingerprint density at radius 3 is 2.80 bits per heavy atom. The van der Waals surface area contributed by atoms with Crippen LogP contribution in [0, 0.1) is 5.92 Å². The van der Waals surface area contributed by atoms with Gasteiger partial charge in [-0.05, 0) is 37.8 Å². The van der Waals surface area contributed by atoms with Crippen molar-refractivity contribution in [3.05, 3.63) is 46.4 Å². The molecule has 102 valence electrons.